The highest BCUT2D eigenvalue weighted by atomic mass is 15.0. The zero-order valence-corrected chi connectivity index (χ0v) is 11.8. The molecule has 2 fully saturated rings. The minimum absolute atomic E-state index is 0.259. The SMILES string of the molecule is CC(C)C1CCCC(CN)(NCC2CC2C)C1. The first-order valence-electron chi connectivity index (χ1n) is 7.51. The Labute approximate surface area is 107 Å². The predicted octanol–water partition coefficient (Wildman–Crippen LogP) is 2.78. The predicted molar refractivity (Wildman–Crippen MR) is 73.9 cm³/mol. The van der Waals surface area contributed by atoms with Crippen molar-refractivity contribution in [3.05, 3.63) is 0 Å². The van der Waals surface area contributed by atoms with Crippen LogP contribution in [-0.2, 0) is 0 Å². The summed E-state index contributed by atoms with van der Waals surface area (Å²) in [6.45, 7) is 9.10. The molecule has 0 heterocycles. The van der Waals surface area contributed by atoms with Gasteiger partial charge in [-0.25, -0.2) is 0 Å². The molecule has 2 rings (SSSR count). The molecule has 0 aromatic carbocycles. The van der Waals surface area contributed by atoms with Gasteiger partial charge in [0.1, 0.15) is 0 Å². The maximum atomic E-state index is 6.08. The maximum Gasteiger partial charge on any atom is 0.0306 e. The number of nitrogens with two attached hydrogens (primary N) is 1. The van der Waals surface area contributed by atoms with E-state index in [0.717, 1.165) is 30.2 Å². The summed E-state index contributed by atoms with van der Waals surface area (Å²) in [5, 5.41) is 3.84. The lowest BCUT2D eigenvalue weighted by Gasteiger charge is -2.42. The van der Waals surface area contributed by atoms with Crippen LogP contribution < -0.4 is 11.1 Å². The molecule has 2 aliphatic carbocycles. The topological polar surface area (TPSA) is 38.0 Å². The normalized spacial score (nSPS) is 41.8. The Kier molecular flexibility index (Phi) is 4.14. The zero-order valence-electron chi connectivity index (χ0n) is 11.8. The fourth-order valence-electron chi connectivity index (χ4n) is 3.43. The Hall–Kier alpha value is -0.0800. The van der Waals surface area contributed by atoms with Crippen LogP contribution in [0, 0.1) is 23.7 Å². The summed E-state index contributed by atoms with van der Waals surface area (Å²) in [6.07, 6.45) is 6.76. The van der Waals surface area contributed by atoms with E-state index in [2.05, 4.69) is 26.1 Å². The van der Waals surface area contributed by atoms with Crippen molar-refractivity contribution in [2.24, 2.45) is 29.4 Å². The van der Waals surface area contributed by atoms with Crippen LogP contribution >= 0.6 is 0 Å². The van der Waals surface area contributed by atoms with Crippen LogP contribution in [0.2, 0.25) is 0 Å². The molecule has 3 N–H and O–H groups in total. The summed E-state index contributed by atoms with van der Waals surface area (Å²) in [6, 6.07) is 0. The van der Waals surface area contributed by atoms with Gasteiger partial charge in [0, 0.05) is 12.1 Å². The van der Waals surface area contributed by atoms with E-state index in [4.69, 9.17) is 5.73 Å². The van der Waals surface area contributed by atoms with Gasteiger partial charge in [0.2, 0.25) is 0 Å². The average Bonchev–Trinajstić information content (AvgIpc) is 3.03. The summed E-state index contributed by atoms with van der Waals surface area (Å²) in [5.74, 6) is 3.55. The van der Waals surface area contributed by atoms with Gasteiger partial charge in [-0.15, -0.1) is 0 Å². The molecule has 4 unspecified atom stereocenters. The molecule has 0 aliphatic heterocycles. The van der Waals surface area contributed by atoms with E-state index in [1.807, 2.05) is 0 Å². The van der Waals surface area contributed by atoms with Crippen LogP contribution in [0.1, 0.15) is 52.9 Å². The molecule has 2 aliphatic rings. The molecule has 4 atom stereocenters. The molecule has 0 aromatic heterocycles. The largest absolute Gasteiger partial charge is 0.329 e. The Morgan fingerprint density at radius 3 is 2.65 bits per heavy atom. The van der Waals surface area contributed by atoms with Gasteiger partial charge >= 0.3 is 0 Å². The zero-order chi connectivity index (χ0) is 12.5. The van der Waals surface area contributed by atoms with Gasteiger partial charge in [-0.05, 0) is 49.5 Å². The van der Waals surface area contributed by atoms with E-state index in [9.17, 15) is 0 Å². The molecule has 0 saturated heterocycles. The van der Waals surface area contributed by atoms with Gasteiger partial charge in [0.15, 0.2) is 0 Å². The maximum absolute atomic E-state index is 6.08. The minimum Gasteiger partial charge on any atom is -0.329 e. The van der Waals surface area contributed by atoms with Gasteiger partial charge in [-0.1, -0.05) is 33.6 Å². The standard InChI is InChI=1S/C15H30N2/c1-11(2)13-5-4-6-15(8-13,10-16)17-9-14-7-12(14)3/h11-14,17H,4-10,16H2,1-3H3. The van der Waals surface area contributed by atoms with Crippen molar-refractivity contribution < 1.29 is 0 Å². The lowest BCUT2D eigenvalue weighted by Crippen LogP contribution is -2.55. The smallest absolute Gasteiger partial charge is 0.0306 e. The molecule has 2 heteroatoms. The van der Waals surface area contributed by atoms with Crippen LogP contribution in [0.4, 0.5) is 0 Å². The number of rotatable bonds is 5. The van der Waals surface area contributed by atoms with Crippen LogP contribution in [0.15, 0.2) is 0 Å². The molecule has 100 valence electrons. The summed E-state index contributed by atoms with van der Waals surface area (Å²) in [5.41, 5.74) is 6.34. The first kappa shape index (κ1) is 13.4. The molecule has 0 spiro atoms. The molecule has 0 bridgehead atoms. The van der Waals surface area contributed by atoms with Crippen molar-refractivity contribution in [3.63, 3.8) is 0 Å². The fraction of sp³-hybridized carbons (Fsp3) is 1.00. The van der Waals surface area contributed by atoms with Gasteiger partial charge < -0.3 is 11.1 Å². The number of nitrogens with one attached hydrogen (secondary N) is 1. The Bertz CT molecular complexity index is 251. The van der Waals surface area contributed by atoms with Gasteiger partial charge in [-0.3, -0.25) is 0 Å². The summed E-state index contributed by atoms with van der Waals surface area (Å²) < 4.78 is 0. The van der Waals surface area contributed by atoms with E-state index >= 15 is 0 Å². The monoisotopic (exact) mass is 238 g/mol. The third kappa shape index (κ3) is 3.23. The van der Waals surface area contributed by atoms with Crippen molar-refractivity contribution in [1.29, 1.82) is 0 Å². The van der Waals surface area contributed by atoms with Crippen LogP contribution in [0.25, 0.3) is 0 Å². The molecular formula is C15H30N2. The average molecular weight is 238 g/mol. The summed E-state index contributed by atoms with van der Waals surface area (Å²) in [4.78, 5) is 0. The second-order valence-corrected chi connectivity index (χ2v) is 6.94. The number of hydrogen-bond acceptors (Lipinski definition) is 2. The highest BCUT2D eigenvalue weighted by molar-refractivity contribution is 4.97. The van der Waals surface area contributed by atoms with Gasteiger partial charge in [0.25, 0.3) is 0 Å². The van der Waals surface area contributed by atoms with Gasteiger partial charge in [-0.2, -0.15) is 0 Å². The Morgan fingerprint density at radius 2 is 2.12 bits per heavy atom. The lowest BCUT2D eigenvalue weighted by molar-refractivity contribution is 0.151. The molecule has 2 saturated carbocycles. The van der Waals surface area contributed by atoms with E-state index in [0.29, 0.717) is 0 Å². The quantitative estimate of drug-likeness (QED) is 0.773. The van der Waals surface area contributed by atoms with Crippen LogP contribution in [-0.4, -0.2) is 18.6 Å². The molecule has 17 heavy (non-hydrogen) atoms. The Balaban J connectivity index is 1.88. The highest BCUT2D eigenvalue weighted by Gasteiger charge is 2.39. The molecule has 2 nitrogen and oxygen atoms in total. The lowest BCUT2D eigenvalue weighted by atomic mass is 9.71. The van der Waals surface area contributed by atoms with Crippen molar-refractivity contribution >= 4 is 0 Å². The van der Waals surface area contributed by atoms with Crippen molar-refractivity contribution in [1.82, 2.24) is 5.32 Å². The number of hydrogen-bond donors (Lipinski definition) is 2. The molecular weight excluding hydrogens is 208 g/mol. The second-order valence-electron chi connectivity index (χ2n) is 6.94. The van der Waals surface area contributed by atoms with E-state index in [1.54, 1.807) is 0 Å². The van der Waals surface area contributed by atoms with E-state index in [-0.39, 0.29) is 5.54 Å². The first-order valence-corrected chi connectivity index (χ1v) is 7.51. The Morgan fingerprint density at radius 1 is 1.41 bits per heavy atom. The molecule has 0 radical (unpaired) electrons. The fourth-order valence-corrected chi connectivity index (χ4v) is 3.43. The van der Waals surface area contributed by atoms with Crippen LogP contribution in [0.3, 0.4) is 0 Å². The van der Waals surface area contributed by atoms with Crippen LogP contribution in [0.5, 0.6) is 0 Å². The third-order valence-electron chi connectivity index (χ3n) is 5.23. The third-order valence-corrected chi connectivity index (χ3v) is 5.23. The van der Waals surface area contributed by atoms with E-state index < -0.39 is 0 Å². The minimum atomic E-state index is 0.259. The molecule has 0 amide bonds. The van der Waals surface area contributed by atoms with Gasteiger partial charge in [0.05, 0.1) is 0 Å². The second kappa shape index (κ2) is 5.27. The van der Waals surface area contributed by atoms with Crippen molar-refractivity contribution in [2.45, 2.75) is 58.4 Å². The van der Waals surface area contributed by atoms with Crippen molar-refractivity contribution in [3.8, 4) is 0 Å². The summed E-state index contributed by atoms with van der Waals surface area (Å²) >= 11 is 0. The van der Waals surface area contributed by atoms with Crippen molar-refractivity contribution in [2.75, 3.05) is 13.1 Å². The van der Waals surface area contributed by atoms with E-state index in [1.165, 1.54) is 38.6 Å². The summed E-state index contributed by atoms with van der Waals surface area (Å²) in [7, 11) is 0. The highest BCUT2D eigenvalue weighted by Crippen LogP contribution is 2.39. The first-order chi connectivity index (χ1) is 8.06. The molecule has 0 aromatic rings.